The number of sulfone groups is 1. The first-order chi connectivity index (χ1) is 7.47. The highest BCUT2D eigenvalue weighted by atomic mass is 32.2. The van der Waals surface area contributed by atoms with E-state index in [2.05, 4.69) is 4.74 Å². The van der Waals surface area contributed by atoms with E-state index in [9.17, 15) is 13.2 Å². The fraction of sp³-hybridized carbons (Fsp3) is 0.900. The summed E-state index contributed by atoms with van der Waals surface area (Å²) in [6.07, 6.45) is 0.792. The number of ether oxygens (including phenoxy) is 2. The van der Waals surface area contributed by atoms with E-state index in [0.29, 0.717) is 19.4 Å². The summed E-state index contributed by atoms with van der Waals surface area (Å²) in [4.78, 5) is 10.8. The van der Waals surface area contributed by atoms with E-state index in [1.165, 1.54) is 7.11 Å². The first-order valence-corrected chi connectivity index (χ1v) is 7.09. The standard InChI is InChI=1S/C10H18O5S/c1-8-9(5-6-15-8)16(12,13)7-3-4-10(11)14-2/h8-9H,3-7H2,1-2H3. The Morgan fingerprint density at radius 1 is 1.50 bits per heavy atom. The summed E-state index contributed by atoms with van der Waals surface area (Å²) >= 11 is 0. The third kappa shape index (κ3) is 3.45. The fourth-order valence-corrected chi connectivity index (χ4v) is 3.82. The van der Waals surface area contributed by atoms with Gasteiger partial charge < -0.3 is 9.47 Å². The molecule has 1 aliphatic rings. The van der Waals surface area contributed by atoms with Crippen molar-refractivity contribution in [1.29, 1.82) is 0 Å². The van der Waals surface area contributed by atoms with Crippen molar-refractivity contribution in [2.75, 3.05) is 19.5 Å². The van der Waals surface area contributed by atoms with Gasteiger partial charge in [0.25, 0.3) is 0 Å². The molecule has 1 fully saturated rings. The molecular formula is C10H18O5S. The first kappa shape index (κ1) is 13.4. The lowest BCUT2D eigenvalue weighted by molar-refractivity contribution is -0.140. The van der Waals surface area contributed by atoms with E-state index in [1.54, 1.807) is 6.92 Å². The average Bonchev–Trinajstić information content (AvgIpc) is 2.64. The number of methoxy groups -OCH3 is 1. The molecule has 1 aliphatic heterocycles. The fourth-order valence-electron chi connectivity index (χ4n) is 1.85. The Labute approximate surface area is 96.0 Å². The maximum Gasteiger partial charge on any atom is 0.305 e. The molecule has 0 aromatic carbocycles. The monoisotopic (exact) mass is 250 g/mol. The lowest BCUT2D eigenvalue weighted by Crippen LogP contribution is -2.30. The van der Waals surface area contributed by atoms with Crippen LogP contribution in [0, 0.1) is 0 Å². The third-order valence-corrected chi connectivity index (χ3v) is 5.20. The van der Waals surface area contributed by atoms with E-state index in [-0.39, 0.29) is 24.2 Å². The molecule has 6 heteroatoms. The van der Waals surface area contributed by atoms with Crippen LogP contribution < -0.4 is 0 Å². The molecular weight excluding hydrogens is 232 g/mol. The molecule has 0 saturated carbocycles. The minimum atomic E-state index is -3.15. The van der Waals surface area contributed by atoms with Crippen molar-refractivity contribution in [3.8, 4) is 0 Å². The Balaban J connectivity index is 2.43. The van der Waals surface area contributed by atoms with Gasteiger partial charge in [0.15, 0.2) is 9.84 Å². The smallest absolute Gasteiger partial charge is 0.305 e. The van der Waals surface area contributed by atoms with Crippen LogP contribution in [0.25, 0.3) is 0 Å². The molecule has 0 N–H and O–H groups in total. The van der Waals surface area contributed by atoms with Crippen molar-refractivity contribution < 1.29 is 22.7 Å². The quantitative estimate of drug-likeness (QED) is 0.666. The Bertz CT molecular complexity index is 335. The van der Waals surface area contributed by atoms with E-state index < -0.39 is 15.1 Å². The molecule has 0 aromatic rings. The molecule has 0 bridgehead atoms. The second-order valence-electron chi connectivity index (χ2n) is 3.95. The van der Waals surface area contributed by atoms with Crippen LogP contribution in [0.1, 0.15) is 26.2 Å². The van der Waals surface area contributed by atoms with Gasteiger partial charge in [0.1, 0.15) is 0 Å². The summed E-state index contributed by atoms with van der Waals surface area (Å²) in [7, 11) is -1.85. The summed E-state index contributed by atoms with van der Waals surface area (Å²) in [5, 5.41) is -0.412. The lowest BCUT2D eigenvalue weighted by atomic mass is 10.3. The second-order valence-corrected chi connectivity index (χ2v) is 6.29. The molecule has 2 unspecified atom stereocenters. The number of carbonyl (C=O) groups excluding carboxylic acids is 1. The van der Waals surface area contributed by atoms with Gasteiger partial charge in [-0.2, -0.15) is 0 Å². The van der Waals surface area contributed by atoms with Crippen LogP contribution in [-0.4, -0.2) is 45.2 Å². The summed E-state index contributed by atoms with van der Waals surface area (Å²) in [6, 6.07) is 0. The molecule has 94 valence electrons. The summed E-state index contributed by atoms with van der Waals surface area (Å²) in [5.74, 6) is -0.341. The summed E-state index contributed by atoms with van der Waals surface area (Å²) in [5.41, 5.74) is 0. The van der Waals surface area contributed by atoms with E-state index >= 15 is 0 Å². The SMILES string of the molecule is COC(=O)CCCS(=O)(=O)C1CCOC1C. The van der Waals surface area contributed by atoms with Crippen LogP contribution in [0.3, 0.4) is 0 Å². The molecule has 1 heterocycles. The van der Waals surface area contributed by atoms with E-state index in [1.807, 2.05) is 0 Å². The Morgan fingerprint density at radius 3 is 2.69 bits per heavy atom. The topological polar surface area (TPSA) is 69.7 Å². The molecule has 0 spiro atoms. The number of esters is 1. The minimum Gasteiger partial charge on any atom is -0.469 e. The molecule has 16 heavy (non-hydrogen) atoms. The van der Waals surface area contributed by atoms with Gasteiger partial charge in [-0.15, -0.1) is 0 Å². The van der Waals surface area contributed by atoms with Crippen molar-refractivity contribution in [2.24, 2.45) is 0 Å². The van der Waals surface area contributed by atoms with Crippen molar-refractivity contribution in [3.63, 3.8) is 0 Å². The van der Waals surface area contributed by atoms with E-state index in [0.717, 1.165) is 0 Å². The molecule has 1 rings (SSSR count). The lowest BCUT2D eigenvalue weighted by Gasteiger charge is -2.14. The molecule has 2 atom stereocenters. The van der Waals surface area contributed by atoms with Crippen LogP contribution >= 0.6 is 0 Å². The van der Waals surface area contributed by atoms with E-state index in [4.69, 9.17) is 4.74 Å². The number of rotatable bonds is 5. The zero-order valence-corrected chi connectivity index (χ0v) is 10.5. The molecule has 0 aliphatic carbocycles. The van der Waals surface area contributed by atoms with Gasteiger partial charge in [0.05, 0.1) is 24.2 Å². The predicted molar refractivity (Wildman–Crippen MR) is 58.9 cm³/mol. The highest BCUT2D eigenvalue weighted by Gasteiger charge is 2.35. The maximum atomic E-state index is 11.9. The van der Waals surface area contributed by atoms with Crippen molar-refractivity contribution in [2.45, 2.75) is 37.5 Å². The van der Waals surface area contributed by atoms with Gasteiger partial charge in [-0.3, -0.25) is 4.79 Å². The molecule has 1 saturated heterocycles. The van der Waals surface area contributed by atoms with Crippen LogP contribution in [0.5, 0.6) is 0 Å². The van der Waals surface area contributed by atoms with Gasteiger partial charge in [-0.25, -0.2) is 8.42 Å². The normalized spacial score (nSPS) is 25.6. The summed E-state index contributed by atoms with van der Waals surface area (Å²) in [6.45, 7) is 2.28. The van der Waals surface area contributed by atoms with Crippen LogP contribution in [0.4, 0.5) is 0 Å². The predicted octanol–water partition coefficient (Wildman–Crippen LogP) is 0.532. The third-order valence-electron chi connectivity index (χ3n) is 2.81. The average molecular weight is 250 g/mol. The first-order valence-electron chi connectivity index (χ1n) is 5.37. The van der Waals surface area contributed by atoms with Crippen molar-refractivity contribution in [1.82, 2.24) is 0 Å². The van der Waals surface area contributed by atoms with Gasteiger partial charge in [-0.05, 0) is 19.8 Å². The summed E-state index contributed by atoms with van der Waals surface area (Å²) < 4.78 is 33.4. The number of hydrogen-bond acceptors (Lipinski definition) is 5. The Hall–Kier alpha value is -0.620. The zero-order valence-electron chi connectivity index (χ0n) is 9.64. The Kier molecular flexibility index (Phi) is 4.73. The molecule has 0 aromatic heterocycles. The van der Waals surface area contributed by atoms with Crippen molar-refractivity contribution in [3.05, 3.63) is 0 Å². The van der Waals surface area contributed by atoms with Gasteiger partial charge >= 0.3 is 5.97 Å². The number of carbonyl (C=O) groups is 1. The highest BCUT2D eigenvalue weighted by molar-refractivity contribution is 7.92. The van der Waals surface area contributed by atoms with Gasteiger partial charge in [0, 0.05) is 13.0 Å². The van der Waals surface area contributed by atoms with Crippen LogP contribution in [-0.2, 0) is 24.1 Å². The largest absolute Gasteiger partial charge is 0.469 e. The van der Waals surface area contributed by atoms with Gasteiger partial charge in [-0.1, -0.05) is 0 Å². The number of hydrogen-bond donors (Lipinski definition) is 0. The highest BCUT2D eigenvalue weighted by Crippen LogP contribution is 2.22. The second kappa shape index (κ2) is 5.63. The van der Waals surface area contributed by atoms with Crippen LogP contribution in [0.2, 0.25) is 0 Å². The Morgan fingerprint density at radius 2 is 2.19 bits per heavy atom. The molecule has 0 radical (unpaired) electrons. The van der Waals surface area contributed by atoms with Crippen LogP contribution in [0.15, 0.2) is 0 Å². The van der Waals surface area contributed by atoms with Crippen molar-refractivity contribution >= 4 is 15.8 Å². The maximum absolute atomic E-state index is 11.9. The van der Waals surface area contributed by atoms with Gasteiger partial charge in [0.2, 0.25) is 0 Å². The minimum absolute atomic E-state index is 0.0282. The molecule has 5 nitrogen and oxygen atoms in total. The molecule has 0 amide bonds. The zero-order chi connectivity index (χ0) is 12.2.